The van der Waals surface area contributed by atoms with E-state index in [1.165, 1.54) is 6.07 Å². The molecular weight excluding hydrogens is 229 g/mol. The highest BCUT2D eigenvalue weighted by atomic mass is 19.1. The standard InChI is InChI=1S/C14H12FN3/c15-10-5-3-6-11(16)14(10)18-13-8-17-12-7-2-1-4-9(12)13/h1-8,17-18H,16H2. The second-order valence-corrected chi connectivity index (χ2v) is 4.08. The van der Waals surface area contributed by atoms with Crippen LogP contribution in [0.4, 0.5) is 21.5 Å². The molecule has 0 aliphatic heterocycles. The van der Waals surface area contributed by atoms with Crippen molar-refractivity contribution in [1.82, 2.24) is 4.98 Å². The van der Waals surface area contributed by atoms with Crippen LogP contribution in [0.2, 0.25) is 0 Å². The van der Waals surface area contributed by atoms with Gasteiger partial charge in [-0.15, -0.1) is 0 Å². The van der Waals surface area contributed by atoms with E-state index in [-0.39, 0.29) is 5.82 Å². The van der Waals surface area contributed by atoms with Gasteiger partial charge < -0.3 is 16.0 Å². The number of nitrogens with one attached hydrogen (secondary N) is 2. The molecule has 3 aromatic rings. The number of benzene rings is 2. The van der Waals surface area contributed by atoms with E-state index >= 15 is 0 Å². The number of rotatable bonds is 2. The van der Waals surface area contributed by atoms with E-state index in [1.54, 1.807) is 18.3 Å². The van der Waals surface area contributed by atoms with Gasteiger partial charge in [0.25, 0.3) is 0 Å². The Morgan fingerprint density at radius 3 is 2.72 bits per heavy atom. The van der Waals surface area contributed by atoms with E-state index in [2.05, 4.69) is 10.3 Å². The largest absolute Gasteiger partial charge is 0.397 e. The van der Waals surface area contributed by atoms with Crippen molar-refractivity contribution in [3.8, 4) is 0 Å². The third-order valence-electron chi connectivity index (χ3n) is 2.89. The molecule has 90 valence electrons. The van der Waals surface area contributed by atoms with Crippen molar-refractivity contribution < 1.29 is 4.39 Å². The summed E-state index contributed by atoms with van der Waals surface area (Å²) in [7, 11) is 0. The number of hydrogen-bond acceptors (Lipinski definition) is 2. The summed E-state index contributed by atoms with van der Waals surface area (Å²) in [5, 5.41) is 4.03. The van der Waals surface area contributed by atoms with E-state index in [0.717, 1.165) is 16.6 Å². The van der Waals surface area contributed by atoms with Crippen LogP contribution in [0.25, 0.3) is 10.9 Å². The van der Waals surface area contributed by atoms with E-state index in [4.69, 9.17) is 5.73 Å². The van der Waals surface area contributed by atoms with Crippen molar-refractivity contribution in [2.75, 3.05) is 11.1 Å². The SMILES string of the molecule is Nc1cccc(F)c1Nc1c[nH]c2ccccc12. The summed E-state index contributed by atoms with van der Waals surface area (Å²) >= 11 is 0. The highest BCUT2D eigenvalue weighted by molar-refractivity contribution is 5.95. The lowest BCUT2D eigenvalue weighted by Crippen LogP contribution is -1.98. The first-order chi connectivity index (χ1) is 8.75. The van der Waals surface area contributed by atoms with E-state index < -0.39 is 0 Å². The molecule has 18 heavy (non-hydrogen) atoms. The minimum atomic E-state index is -0.361. The molecule has 2 aromatic carbocycles. The fourth-order valence-electron chi connectivity index (χ4n) is 1.98. The predicted molar refractivity (Wildman–Crippen MR) is 72.4 cm³/mol. The van der Waals surface area contributed by atoms with Gasteiger partial charge in [-0.25, -0.2) is 4.39 Å². The van der Waals surface area contributed by atoms with Crippen LogP contribution in [0.15, 0.2) is 48.7 Å². The van der Waals surface area contributed by atoms with Crippen molar-refractivity contribution in [1.29, 1.82) is 0 Å². The monoisotopic (exact) mass is 241 g/mol. The number of para-hydroxylation sites is 2. The van der Waals surface area contributed by atoms with Crippen molar-refractivity contribution >= 4 is 28.0 Å². The maximum absolute atomic E-state index is 13.7. The van der Waals surface area contributed by atoms with Crippen LogP contribution in [0.3, 0.4) is 0 Å². The highest BCUT2D eigenvalue weighted by Crippen LogP contribution is 2.30. The molecule has 0 aliphatic rings. The fourth-order valence-corrected chi connectivity index (χ4v) is 1.98. The molecule has 0 fully saturated rings. The van der Waals surface area contributed by atoms with E-state index in [0.29, 0.717) is 11.4 Å². The summed E-state index contributed by atoms with van der Waals surface area (Å²) in [5.74, 6) is -0.361. The second kappa shape index (κ2) is 4.07. The van der Waals surface area contributed by atoms with Crippen molar-refractivity contribution in [2.24, 2.45) is 0 Å². The lowest BCUT2D eigenvalue weighted by Gasteiger charge is -2.09. The Bertz CT molecular complexity index is 683. The second-order valence-electron chi connectivity index (χ2n) is 4.08. The number of hydrogen-bond donors (Lipinski definition) is 3. The first-order valence-electron chi connectivity index (χ1n) is 5.63. The number of nitrogen functional groups attached to an aromatic ring is 1. The highest BCUT2D eigenvalue weighted by Gasteiger charge is 2.08. The Kier molecular flexibility index (Phi) is 2.41. The lowest BCUT2D eigenvalue weighted by atomic mass is 10.2. The molecule has 4 N–H and O–H groups in total. The Balaban J connectivity index is 2.07. The molecule has 3 rings (SSSR count). The molecule has 4 heteroatoms. The third kappa shape index (κ3) is 1.68. The molecule has 1 heterocycles. The van der Waals surface area contributed by atoms with Gasteiger partial charge in [0, 0.05) is 17.1 Å². The van der Waals surface area contributed by atoms with Crippen LogP contribution in [0, 0.1) is 5.82 Å². The smallest absolute Gasteiger partial charge is 0.148 e. The first-order valence-corrected chi connectivity index (χ1v) is 5.63. The van der Waals surface area contributed by atoms with Crippen LogP contribution in [0.5, 0.6) is 0 Å². The van der Waals surface area contributed by atoms with Crippen LogP contribution in [-0.2, 0) is 0 Å². The molecule has 0 spiro atoms. The molecule has 3 nitrogen and oxygen atoms in total. The van der Waals surface area contributed by atoms with Gasteiger partial charge in [-0.2, -0.15) is 0 Å². The zero-order valence-electron chi connectivity index (χ0n) is 9.57. The van der Waals surface area contributed by atoms with Crippen LogP contribution < -0.4 is 11.1 Å². The predicted octanol–water partition coefficient (Wildman–Crippen LogP) is 3.63. The molecule has 0 unspecified atom stereocenters. The van der Waals surface area contributed by atoms with Crippen molar-refractivity contribution in [3.63, 3.8) is 0 Å². The Morgan fingerprint density at radius 1 is 1.06 bits per heavy atom. The van der Waals surface area contributed by atoms with E-state index in [9.17, 15) is 4.39 Å². The number of aromatic nitrogens is 1. The van der Waals surface area contributed by atoms with Gasteiger partial charge in [-0.1, -0.05) is 24.3 Å². The lowest BCUT2D eigenvalue weighted by molar-refractivity contribution is 0.632. The number of halogens is 1. The summed E-state index contributed by atoms with van der Waals surface area (Å²) in [4.78, 5) is 3.12. The third-order valence-corrected chi connectivity index (χ3v) is 2.89. The van der Waals surface area contributed by atoms with Gasteiger partial charge >= 0.3 is 0 Å². The van der Waals surface area contributed by atoms with Gasteiger partial charge in [0.2, 0.25) is 0 Å². The molecule has 0 amide bonds. The van der Waals surface area contributed by atoms with Crippen LogP contribution in [0.1, 0.15) is 0 Å². The maximum Gasteiger partial charge on any atom is 0.148 e. The minimum absolute atomic E-state index is 0.308. The number of aromatic amines is 1. The van der Waals surface area contributed by atoms with Gasteiger partial charge in [-0.3, -0.25) is 0 Å². The zero-order valence-corrected chi connectivity index (χ0v) is 9.57. The summed E-state index contributed by atoms with van der Waals surface area (Å²) in [5.41, 5.74) is 8.27. The number of H-pyrrole nitrogens is 1. The average Bonchev–Trinajstić information content (AvgIpc) is 2.77. The van der Waals surface area contributed by atoms with Crippen LogP contribution in [-0.4, -0.2) is 4.98 Å². The molecular formula is C14H12FN3. The first kappa shape index (κ1) is 10.7. The molecule has 0 radical (unpaired) electrons. The quantitative estimate of drug-likeness (QED) is 0.600. The number of anilines is 3. The average molecular weight is 241 g/mol. The van der Waals surface area contributed by atoms with Crippen molar-refractivity contribution in [2.45, 2.75) is 0 Å². The van der Waals surface area contributed by atoms with Crippen molar-refractivity contribution in [3.05, 3.63) is 54.5 Å². The minimum Gasteiger partial charge on any atom is -0.397 e. The Labute approximate surface area is 103 Å². The number of nitrogens with two attached hydrogens (primary N) is 1. The van der Waals surface area contributed by atoms with E-state index in [1.807, 2.05) is 24.3 Å². The van der Waals surface area contributed by atoms with Gasteiger partial charge in [-0.05, 0) is 18.2 Å². The van der Waals surface area contributed by atoms with Crippen LogP contribution >= 0.6 is 0 Å². The van der Waals surface area contributed by atoms with Gasteiger partial charge in [0.1, 0.15) is 5.82 Å². The maximum atomic E-state index is 13.7. The fraction of sp³-hybridized carbons (Fsp3) is 0. The molecule has 0 bridgehead atoms. The summed E-state index contributed by atoms with van der Waals surface area (Å²) in [6.45, 7) is 0. The summed E-state index contributed by atoms with van der Waals surface area (Å²) in [6, 6.07) is 12.4. The molecule has 0 atom stereocenters. The molecule has 0 saturated heterocycles. The molecule has 1 aromatic heterocycles. The summed E-state index contributed by atoms with van der Waals surface area (Å²) < 4.78 is 13.7. The zero-order chi connectivity index (χ0) is 12.5. The molecule has 0 aliphatic carbocycles. The van der Waals surface area contributed by atoms with Gasteiger partial charge in [0.15, 0.2) is 0 Å². The normalized spacial score (nSPS) is 10.7. The topological polar surface area (TPSA) is 53.8 Å². The number of fused-ring (bicyclic) bond motifs is 1. The Morgan fingerprint density at radius 2 is 1.89 bits per heavy atom. The Hall–Kier alpha value is -2.49. The summed E-state index contributed by atoms with van der Waals surface area (Å²) in [6.07, 6.45) is 1.80. The molecule has 0 saturated carbocycles. The van der Waals surface area contributed by atoms with Gasteiger partial charge in [0.05, 0.1) is 17.1 Å².